The van der Waals surface area contributed by atoms with E-state index in [4.69, 9.17) is 4.74 Å². The molecule has 0 atom stereocenters. The van der Waals surface area contributed by atoms with E-state index in [9.17, 15) is 13.2 Å². The van der Waals surface area contributed by atoms with Crippen molar-refractivity contribution in [2.24, 2.45) is 0 Å². The van der Waals surface area contributed by atoms with Crippen molar-refractivity contribution in [1.29, 1.82) is 0 Å². The molecule has 0 N–H and O–H groups in total. The van der Waals surface area contributed by atoms with Crippen LogP contribution in [-0.4, -0.2) is 34.5 Å². The molecular weight excluding hydrogens is 296 g/mol. The summed E-state index contributed by atoms with van der Waals surface area (Å²) in [4.78, 5) is 11.7. The summed E-state index contributed by atoms with van der Waals surface area (Å²) in [7, 11) is 3.15. The van der Waals surface area contributed by atoms with E-state index in [2.05, 4.69) is 15.0 Å². The van der Waals surface area contributed by atoms with Gasteiger partial charge in [-0.2, -0.15) is 13.2 Å². The van der Waals surface area contributed by atoms with Gasteiger partial charge in [-0.1, -0.05) is 0 Å². The number of alkyl halides is 3. The second kappa shape index (κ2) is 5.01. The Morgan fingerprint density at radius 1 is 1.18 bits per heavy atom. The van der Waals surface area contributed by atoms with Crippen molar-refractivity contribution in [3.63, 3.8) is 0 Å². The molecular formula is C13H10BF3N4O. The van der Waals surface area contributed by atoms with Crippen LogP contribution in [0, 0.1) is 0 Å². The van der Waals surface area contributed by atoms with Crippen molar-refractivity contribution >= 4 is 24.5 Å². The molecule has 0 radical (unpaired) electrons. The molecule has 0 fully saturated rings. The van der Waals surface area contributed by atoms with Gasteiger partial charge in [-0.3, -0.25) is 9.55 Å². The van der Waals surface area contributed by atoms with Crippen LogP contribution in [-0.2, 0) is 6.18 Å². The highest BCUT2D eigenvalue weighted by Crippen LogP contribution is 2.34. The zero-order valence-corrected chi connectivity index (χ0v) is 11.7. The van der Waals surface area contributed by atoms with E-state index in [0.29, 0.717) is 11.3 Å². The van der Waals surface area contributed by atoms with Gasteiger partial charge in [-0.25, -0.2) is 9.97 Å². The lowest BCUT2D eigenvalue weighted by Gasteiger charge is -2.10. The predicted molar refractivity (Wildman–Crippen MR) is 76.4 cm³/mol. The molecule has 2 aromatic heterocycles. The molecule has 3 aromatic rings. The minimum Gasteiger partial charge on any atom is -0.497 e. The first-order chi connectivity index (χ1) is 10.4. The number of aromatic nitrogens is 4. The first-order valence-corrected chi connectivity index (χ1v) is 6.33. The molecule has 9 heteroatoms. The molecule has 5 nitrogen and oxygen atoms in total. The Morgan fingerprint density at radius 2 is 1.95 bits per heavy atom. The molecule has 2 heterocycles. The summed E-state index contributed by atoms with van der Waals surface area (Å²) < 4.78 is 45.8. The van der Waals surface area contributed by atoms with Gasteiger partial charge < -0.3 is 4.74 Å². The average molecular weight is 306 g/mol. The minimum atomic E-state index is -4.61. The van der Waals surface area contributed by atoms with Crippen LogP contribution < -0.4 is 10.3 Å². The minimum absolute atomic E-state index is 0.0607. The van der Waals surface area contributed by atoms with Gasteiger partial charge in [-0.05, 0) is 12.1 Å². The number of hydrogen-bond donors (Lipinski definition) is 0. The first-order valence-electron chi connectivity index (χ1n) is 6.33. The van der Waals surface area contributed by atoms with Crippen LogP contribution in [0.5, 0.6) is 5.75 Å². The fraction of sp³-hybridized carbons (Fsp3) is 0.154. The number of nitrogens with zero attached hydrogens (tertiary/aromatic N) is 4. The van der Waals surface area contributed by atoms with E-state index in [-0.39, 0.29) is 16.9 Å². The zero-order chi connectivity index (χ0) is 15.9. The van der Waals surface area contributed by atoms with Gasteiger partial charge in [0, 0.05) is 17.9 Å². The van der Waals surface area contributed by atoms with E-state index in [1.54, 1.807) is 13.9 Å². The van der Waals surface area contributed by atoms with Gasteiger partial charge in [0.1, 0.15) is 5.75 Å². The lowest BCUT2D eigenvalue weighted by molar-refractivity contribution is -0.145. The fourth-order valence-electron chi connectivity index (χ4n) is 2.11. The number of rotatable bonds is 2. The van der Waals surface area contributed by atoms with E-state index < -0.39 is 12.0 Å². The molecule has 1 aromatic carbocycles. The maximum absolute atomic E-state index is 13.3. The lowest BCUT2D eigenvalue weighted by atomic mass is 10.1. The number of imidazole rings is 1. The fourth-order valence-corrected chi connectivity index (χ4v) is 2.11. The molecule has 22 heavy (non-hydrogen) atoms. The summed E-state index contributed by atoms with van der Waals surface area (Å²) in [6, 6.07) is 4.53. The highest BCUT2D eigenvalue weighted by Gasteiger charge is 2.38. The maximum Gasteiger partial charge on any atom is 0.450 e. The number of methoxy groups -OCH3 is 1. The molecule has 0 aliphatic heterocycles. The number of ether oxygens (including phenoxy) is 1. The van der Waals surface area contributed by atoms with Crippen molar-refractivity contribution in [1.82, 2.24) is 19.5 Å². The van der Waals surface area contributed by atoms with Gasteiger partial charge in [0.15, 0.2) is 13.7 Å². The number of benzene rings is 1. The Bertz CT molecular complexity index is 830. The van der Waals surface area contributed by atoms with E-state index in [1.165, 1.54) is 31.6 Å². The van der Waals surface area contributed by atoms with Gasteiger partial charge in [-0.15, -0.1) is 0 Å². The van der Waals surface area contributed by atoms with Gasteiger partial charge in [0.2, 0.25) is 5.82 Å². The molecule has 0 aliphatic carbocycles. The lowest BCUT2D eigenvalue weighted by Crippen LogP contribution is -2.16. The SMILES string of the molecule is Bc1cnc(-n2c(C(F)(F)F)nc3cc(OC)ccc32)cn1. The Hall–Kier alpha value is -2.58. The van der Waals surface area contributed by atoms with E-state index in [1.807, 2.05) is 0 Å². The number of halogens is 3. The summed E-state index contributed by atoms with van der Waals surface area (Å²) in [6.07, 6.45) is -1.92. The van der Waals surface area contributed by atoms with Gasteiger partial charge in [0.05, 0.1) is 24.3 Å². The first kappa shape index (κ1) is 14.4. The molecule has 0 bridgehead atoms. The quantitative estimate of drug-likeness (QED) is 0.665. The van der Waals surface area contributed by atoms with Crippen molar-refractivity contribution < 1.29 is 17.9 Å². The Labute approximate surface area is 124 Å². The summed E-state index contributed by atoms with van der Waals surface area (Å²) in [5.74, 6) is -0.555. The monoisotopic (exact) mass is 306 g/mol. The zero-order valence-electron chi connectivity index (χ0n) is 11.7. The number of hydrogen-bond acceptors (Lipinski definition) is 4. The largest absolute Gasteiger partial charge is 0.497 e. The maximum atomic E-state index is 13.3. The summed E-state index contributed by atoms with van der Waals surface area (Å²) in [5, 5.41) is 0. The molecule has 112 valence electrons. The highest BCUT2D eigenvalue weighted by atomic mass is 19.4. The van der Waals surface area contributed by atoms with E-state index in [0.717, 1.165) is 4.57 Å². The van der Waals surface area contributed by atoms with Crippen LogP contribution in [0.4, 0.5) is 13.2 Å². The van der Waals surface area contributed by atoms with Crippen molar-refractivity contribution in [2.75, 3.05) is 7.11 Å². The van der Waals surface area contributed by atoms with Gasteiger partial charge in [0.25, 0.3) is 0 Å². The Kier molecular flexibility index (Phi) is 3.27. The molecule has 0 saturated carbocycles. The second-order valence-corrected chi connectivity index (χ2v) is 4.64. The Morgan fingerprint density at radius 3 is 2.55 bits per heavy atom. The predicted octanol–water partition coefficient (Wildman–Crippen LogP) is 1.10. The molecule has 0 unspecified atom stereocenters. The van der Waals surface area contributed by atoms with E-state index >= 15 is 0 Å². The number of fused-ring (bicyclic) bond motifs is 1. The summed E-state index contributed by atoms with van der Waals surface area (Å²) in [6.45, 7) is 0. The van der Waals surface area contributed by atoms with Crippen LogP contribution in [0.3, 0.4) is 0 Å². The third-order valence-electron chi connectivity index (χ3n) is 3.11. The third kappa shape index (κ3) is 2.38. The molecule has 0 saturated heterocycles. The van der Waals surface area contributed by atoms with Crippen LogP contribution in [0.25, 0.3) is 16.9 Å². The summed E-state index contributed by atoms with van der Waals surface area (Å²) in [5.41, 5.74) is 1.07. The third-order valence-corrected chi connectivity index (χ3v) is 3.11. The topological polar surface area (TPSA) is 52.8 Å². The van der Waals surface area contributed by atoms with Gasteiger partial charge >= 0.3 is 6.18 Å². The van der Waals surface area contributed by atoms with Crippen molar-refractivity contribution in [2.45, 2.75) is 6.18 Å². The van der Waals surface area contributed by atoms with Crippen LogP contribution in [0.2, 0.25) is 0 Å². The standard InChI is InChI=1S/C13H10BF3N4O/c1-22-7-2-3-9-8(4-7)20-12(13(15,16)17)21(9)11-6-18-10(14)5-19-11/h2-6H,14H2,1H3. The molecule has 0 amide bonds. The summed E-state index contributed by atoms with van der Waals surface area (Å²) >= 11 is 0. The van der Waals surface area contributed by atoms with Crippen LogP contribution >= 0.6 is 0 Å². The van der Waals surface area contributed by atoms with Crippen molar-refractivity contribution in [3.8, 4) is 11.6 Å². The Balaban J connectivity index is 2.32. The molecule has 3 rings (SSSR count). The normalized spacial score (nSPS) is 11.8. The smallest absolute Gasteiger partial charge is 0.450 e. The molecule has 0 aliphatic rings. The second-order valence-electron chi connectivity index (χ2n) is 4.64. The van der Waals surface area contributed by atoms with Crippen LogP contribution in [0.1, 0.15) is 5.82 Å². The van der Waals surface area contributed by atoms with Crippen LogP contribution in [0.15, 0.2) is 30.6 Å². The highest BCUT2D eigenvalue weighted by molar-refractivity contribution is 6.30. The van der Waals surface area contributed by atoms with Crippen molar-refractivity contribution in [3.05, 3.63) is 36.4 Å². The average Bonchev–Trinajstić information content (AvgIpc) is 2.86. The molecule has 0 spiro atoms.